The Labute approximate surface area is 167 Å². The average molecular weight is 460 g/mol. The van der Waals surface area contributed by atoms with Crippen molar-refractivity contribution in [2.24, 2.45) is 0 Å². The smallest absolute Gasteiger partial charge is 0.241 e. The van der Waals surface area contributed by atoms with Gasteiger partial charge in [0.15, 0.2) is 0 Å². The van der Waals surface area contributed by atoms with E-state index in [9.17, 15) is 8.42 Å². The normalized spacial score (nSPS) is 17.2. The lowest BCUT2D eigenvalue weighted by molar-refractivity contribution is 0.0172. The van der Waals surface area contributed by atoms with Crippen molar-refractivity contribution < 1.29 is 13.2 Å². The number of morpholine rings is 1. The lowest BCUT2D eigenvalue weighted by atomic mass is 10.1. The minimum atomic E-state index is -3.63. The third-order valence-corrected chi connectivity index (χ3v) is 6.98. The highest BCUT2D eigenvalue weighted by atomic mass is 79.9. The summed E-state index contributed by atoms with van der Waals surface area (Å²) in [5.41, 5.74) is 0.981. The molecular weight excluding hydrogens is 440 g/mol. The van der Waals surface area contributed by atoms with Crippen LogP contribution in [0.5, 0.6) is 0 Å². The molecule has 3 rings (SSSR count). The van der Waals surface area contributed by atoms with Crippen LogP contribution in [0.15, 0.2) is 57.9 Å². The monoisotopic (exact) mass is 458 g/mol. The van der Waals surface area contributed by atoms with Crippen molar-refractivity contribution >= 4 is 37.6 Å². The largest absolute Gasteiger partial charge is 0.379 e. The minimum absolute atomic E-state index is 0.116. The second kappa shape index (κ2) is 8.82. The van der Waals surface area contributed by atoms with Gasteiger partial charge >= 0.3 is 0 Å². The molecule has 26 heavy (non-hydrogen) atoms. The van der Waals surface area contributed by atoms with Crippen molar-refractivity contribution in [1.29, 1.82) is 0 Å². The van der Waals surface area contributed by atoms with E-state index in [1.807, 2.05) is 24.3 Å². The van der Waals surface area contributed by atoms with E-state index in [4.69, 9.17) is 16.3 Å². The summed E-state index contributed by atoms with van der Waals surface area (Å²) in [6.45, 7) is 3.01. The number of nitrogens with zero attached hydrogens (tertiary/aromatic N) is 1. The molecule has 1 saturated heterocycles. The quantitative estimate of drug-likeness (QED) is 0.719. The van der Waals surface area contributed by atoms with Crippen LogP contribution in [0.2, 0.25) is 5.02 Å². The van der Waals surface area contributed by atoms with Crippen molar-refractivity contribution in [3.05, 3.63) is 63.6 Å². The molecule has 1 fully saturated rings. The molecule has 0 saturated carbocycles. The maximum absolute atomic E-state index is 12.7. The third kappa shape index (κ3) is 4.85. The van der Waals surface area contributed by atoms with Crippen LogP contribution < -0.4 is 4.72 Å². The second-order valence-electron chi connectivity index (χ2n) is 6.00. The van der Waals surface area contributed by atoms with E-state index < -0.39 is 10.0 Å². The van der Waals surface area contributed by atoms with Gasteiger partial charge in [-0.1, -0.05) is 35.9 Å². The van der Waals surface area contributed by atoms with Gasteiger partial charge in [-0.15, -0.1) is 0 Å². The van der Waals surface area contributed by atoms with Crippen LogP contribution in [-0.2, 0) is 14.8 Å². The first-order valence-corrected chi connectivity index (χ1v) is 10.9. The summed E-state index contributed by atoms with van der Waals surface area (Å²) in [4.78, 5) is 2.45. The third-order valence-electron chi connectivity index (χ3n) is 4.31. The summed E-state index contributed by atoms with van der Waals surface area (Å²) in [5.74, 6) is 0. The molecule has 0 radical (unpaired) electrons. The van der Waals surface area contributed by atoms with Gasteiger partial charge in [0.05, 0.1) is 18.1 Å². The van der Waals surface area contributed by atoms with E-state index >= 15 is 0 Å². The summed E-state index contributed by atoms with van der Waals surface area (Å²) in [6.07, 6.45) is 0. The maximum atomic E-state index is 12.7. The Morgan fingerprint density at radius 3 is 2.58 bits per heavy atom. The van der Waals surface area contributed by atoms with E-state index in [1.54, 1.807) is 24.3 Å². The van der Waals surface area contributed by atoms with Crippen molar-refractivity contribution in [2.75, 3.05) is 32.8 Å². The fraction of sp³-hybridized carbons (Fsp3) is 0.333. The minimum Gasteiger partial charge on any atom is -0.379 e. The van der Waals surface area contributed by atoms with Gasteiger partial charge in [-0.25, -0.2) is 13.1 Å². The summed E-state index contributed by atoms with van der Waals surface area (Å²) in [6, 6.07) is 14.2. The predicted octanol–water partition coefficient (Wildman–Crippen LogP) is 3.45. The van der Waals surface area contributed by atoms with Crippen molar-refractivity contribution in [3.8, 4) is 0 Å². The molecule has 1 N–H and O–H groups in total. The lowest BCUT2D eigenvalue weighted by Gasteiger charge is -2.35. The Kier molecular flexibility index (Phi) is 6.71. The van der Waals surface area contributed by atoms with Gasteiger partial charge in [0.25, 0.3) is 0 Å². The first-order chi connectivity index (χ1) is 12.5. The highest BCUT2D eigenvalue weighted by Gasteiger charge is 2.26. The average Bonchev–Trinajstić information content (AvgIpc) is 2.63. The Bertz CT molecular complexity index is 857. The predicted molar refractivity (Wildman–Crippen MR) is 106 cm³/mol. The van der Waals surface area contributed by atoms with Crippen LogP contribution in [0.3, 0.4) is 0 Å². The number of hydrogen-bond acceptors (Lipinski definition) is 4. The number of sulfonamides is 1. The van der Waals surface area contributed by atoms with Crippen LogP contribution >= 0.6 is 27.5 Å². The molecule has 1 aliphatic heterocycles. The van der Waals surface area contributed by atoms with Gasteiger partial charge in [-0.05, 0) is 45.8 Å². The molecule has 1 unspecified atom stereocenters. The molecule has 2 aromatic rings. The fourth-order valence-electron chi connectivity index (χ4n) is 2.99. The van der Waals surface area contributed by atoms with Gasteiger partial charge in [0.1, 0.15) is 0 Å². The van der Waals surface area contributed by atoms with E-state index in [0.29, 0.717) is 22.7 Å². The zero-order valence-electron chi connectivity index (χ0n) is 14.1. The first kappa shape index (κ1) is 19.8. The van der Waals surface area contributed by atoms with E-state index in [2.05, 4.69) is 25.6 Å². The molecule has 0 aromatic heterocycles. The van der Waals surface area contributed by atoms with Crippen LogP contribution in [0, 0.1) is 0 Å². The van der Waals surface area contributed by atoms with Gasteiger partial charge in [0.2, 0.25) is 10.0 Å². The van der Waals surface area contributed by atoms with Gasteiger partial charge in [-0.3, -0.25) is 4.90 Å². The molecule has 5 nitrogen and oxygen atoms in total. The lowest BCUT2D eigenvalue weighted by Crippen LogP contribution is -2.43. The van der Waals surface area contributed by atoms with E-state index in [-0.39, 0.29) is 17.5 Å². The van der Waals surface area contributed by atoms with Gasteiger partial charge in [-0.2, -0.15) is 0 Å². The molecule has 2 aromatic carbocycles. The Balaban J connectivity index is 1.83. The molecule has 1 aliphatic rings. The van der Waals surface area contributed by atoms with Crippen molar-refractivity contribution in [3.63, 3.8) is 0 Å². The van der Waals surface area contributed by atoms with Crippen molar-refractivity contribution in [2.45, 2.75) is 10.9 Å². The maximum Gasteiger partial charge on any atom is 0.241 e. The molecule has 0 bridgehead atoms. The van der Waals surface area contributed by atoms with Crippen LogP contribution in [0.4, 0.5) is 0 Å². The van der Waals surface area contributed by atoms with Crippen molar-refractivity contribution in [1.82, 2.24) is 9.62 Å². The molecule has 140 valence electrons. The van der Waals surface area contributed by atoms with Gasteiger partial charge < -0.3 is 4.74 Å². The molecule has 1 heterocycles. The number of hydrogen-bond donors (Lipinski definition) is 1. The standard InChI is InChI=1S/C18H20BrClN2O3S/c19-16-6-1-2-7-18(16)26(23,24)21-13-17(22-8-10-25-11-9-22)14-4-3-5-15(20)12-14/h1-7,12,17,21H,8-11,13H2. The first-order valence-electron chi connectivity index (χ1n) is 8.29. The Morgan fingerprint density at radius 2 is 1.88 bits per heavy atom. The highest BCUT2D eigenvalue weighted by Crippen LogP contribution is 2.26. The molecule has 1 atom stereocenters. The van der Waals surface area contributed by atoms with Crippen LogP contribution in [0.1, 0.15) is 11.6 Å². The number of rotatable bonds is 6. The van der Waals surface area contributed by atoms with E-state index in [0.717, 1.165) is 18.7 Å². The topological polar surface area (TPSA) is 58.6 Å². The number of ether oxygens (including phenoxy) is 1. The Hall–Kier alpha value is -0.960. The zero-order chi connectivity index (χ0) is 18.6. The molecule has 0 spiro atoms. The molecular formula is C18H20BrClN2O3S. The number of benzene rings is 2. The molecule has 0 amide bonds. The molecule has 0 aliphatic carbocycles. The highest BCUT2D eigenvalue weighted by molar-refractivity contribution is 9.10. The second-order valence-corrected chi connectivity index (χ2v) is 9.03. The zero-order valence-corrected chi connectivity index (χ0v) is 17.2. The summed E-state index contributed by atoms with van der Waals surface area (Å²) >= 11 is 9.45. The number of halogens is 2. The van der Waals surface area contributed by atoms with Gasteiger partial charge in [0, 0.05) is 35.2 Å². The van der Waals surface area contributed by atoms with Crippen LogP contribution in [0.25, 0.3) is 0 Å². The number of nitrogens with one attached hydrogen (secondary N) is 1. The molecule has 8 heteroatoms. The SMILES string of the molecule is O=S(=O)(NCC(c1cccc(Cl)c1)N1CCOCC1)c1ccccc1Br. The summed E-state index contributed by atoms with van der Waals surface area (Å²) < 4.78 is 34.2. The van der Waals surface area contributed by atoms with E-state index in [1.165, 1.54) is 0 Å². The Morgan fingerprint density at radius 1 is 1.15 bits per heavy atom. The summed E-state index contributed by atoms with van der Waals surface area (Å²) in [7, 11) is -3.63. The fourth-order valence-corrected chi connectivity index (χ4v) is 5.23. The van der Waals surface area contributed by atoms with Crippen LogP contribution in [-0.4, -0.2) is 46.2 Å². The summed E-state index contributed by atoms with van der Waals surface area (Å²) in [5, 5.41) is 0.634.